The van der Waals surface area contributed by atoms with E-state index in [0.717, 1.165) is 0 Å². The molecule has 31 heavy (non-hydrogen) atoms. The third-order valence-electron chi connectivity index (χ3n) is 4.79. The maximum atomic E-state index is 12.2. The third kappa shape index (κ3) is 7.26. The fourth-order valence-corrected chi connectivity index (χ4v) is 2.80. The standard InChI is InChI=1S/C23H28N4O4/c1-16(28)26(3)20-10-5-8-18(14-20)24-22(30)12-7-13-23(31)25-19-9-6-11-21(15-19)27(4)17(2)29/h5-6,8-11,14-15H,7,12-13H2,1-4H3,(H,24,30)(H,25,31). The predicted molar refractivity (Wildman–Crippen MR) is 122 cm³/mol. The molecule has 0 spiro atoms. The molecule has 0 aliphatic carbocycles. The van der Waals surface area contributed by atoms with E-state index in [1.165, 1.54) is 23.6 Å². The fraction of sp³-hybridized carbons (Fsp3) is 0.304. The van der Waals surface area contributed by atoms with Crippen LogP contribution >= 0.6 is 0 Å². The van der Waals surface area contributed by atoms with Gasteiger partial charge in [0.05, 0.1) is 0 Å². The number of hydrogen-bond donors (Lipinski definition) is 2. The van der Waals surface area contributed by atoms with Crippen molar-refractivity contribution in [2.45, 2.75) is 33.1 Å². The van der Waals surface area contributed by atoms with E-state index in [1.54, 1.807) is 62.6 Å². The van der Waals surface area contributed by atoms with Crippen LogP contribution in [0.5, 0.6) is 0 Å². The highest BCUT2D eigenvalue weighted by atomic mass is 16.2. The van der Waals surface area contributed by atoms with E-state index in [2.05, 4.69) is 10.6 Å². The number of nitrogens with one attached hydrogen (secondary N) is 2. The van der Waals surface area contributed by atoms with Crippen molar-refractivity contribution >= 4 is 46.4 Å². The zero-order chi connectivity index (χ0) is 23.0. The van der Waals surface area contributed by atoms with Crippen molar-refractivity contribution in [2.75, 3.05) is 34.5 Å². The molecule has 164 valence electrons. The van der Waals surface area contributed by atoms with Gasteiger partial charge in [0, 0.05) is 63.5 Å². The molecule has 0 saturated heterocycles. The summed E-state index contributed by atoms with van der Waals surface area (Å²) < 4.78 is 0. The fourth-order valence-electron chi connectivity index (χ4n) is 2.80. The Bertz CT molecular complexity index is 896. The van der Waals surface area contributed by atoms with Crippen LogP contribution in [-0.2, 0) is 19.2 Å². The van der Waals surface area contributed by atoms with Gasteiger partial charge in [0.1, 0.15) is 0 Å². The number of rotatable bonds is 8. The van der Waals surface area contributed by atoms with Crippen LogP contribution in [0.4, 0.5) is 22.7 Å². The smallest absolute Gasteiger partial charge is 0.224 e. The van der Waals surface area contributed by atoms with Gasteiger partial charge >= 0.3 is 0 Å². The Morgan fingerprint density at radius 2 is 1.10 bits per heavy atom. The predicted octanol–water partition coefficient (Wildman–Crippen LogP) is 3.40. The topological polar surface area (TPSA) is 98.8 Å². The second kappa shape index (κ2) is 10.9. The van der Waals surface area contributed by atoms with E-state index in [0.29, 0.717) is 29.2 Å². The number of benzene rings is 2. The van der Waals surface area contributed by atoms with Crippen molar-refractivity contribution in [3.8, 4) is 0 Å². The monoisotopic (exact) mass is 424 g/mol. The molecule has 8 heteroatoms. The molecule has 2 N–H and O–H groups in total. The van der Waals surface area contributed by atoms with Crippen molar-refractivity contribution in [3.05, 3.63) is 48.5 Å². The molecule has 4 amide bonds. The number of carbonyl (C=O) groups is 4. The van der Waals surface area contributed by atoms with Crippen LogP contribution in [0.25, 0.3) is 0 Å². The van der Waals surface area contributed by atoms with Crippen molar-refractivity contribution in [3.63, 3.8) is 0 Å². The highest BCUT2D eigenvalue weighted by Crippen LogP contribution is 2.20. The Balaban J connectivity index is 1.82. The first-order valence-electron chi connectivity index (χ1n) is 9.96. The molecular formula is C23H28N4O4. The van der Waals surface area contributed by atoms with E-state index in [4.69, 9.17) is 0 Å². The average Bonchev–Trinajstić information content (AvgIpc) is 2.72. The summed E-state index contributed by atoms with van der Waals surface area (Å²) in [6.07, 6.45) is 0.762. The average molecular weight is 425 g/mol. The van der Waals surface area contributed by atoms with E-state index in [-0.39, 0.29) is 36.5 Å². The lowest BCUT2D eigenvalue weighted by Gasteiger charge is -2.16. The molecular weight excluding hydrogens is 396 g/mol. The van der Waals surface area contributed by atoms with Crippen molar-refractivity contribution in [1.82, 2.24) is 0 Å². The molecule has 2 aromatic carbocycles. The molecule has 0 aliphatic rings. The maximum absolute atomic E-state index is 12.2. The molecule has 0 atom stereocenters. The Kier molecular flexibility index (Phi) is 8.31. The van der Waals surface area contributed by atoms with E-state index in [9.17, 15) is 19.2 Å². The van der Waals surface area contributed by atoms with Crippen molar-refractivity contribution < 1.29 is 19.2 Å². The second-order valence-electron chi connectivity index (χ2n) is 7.21. The first kappa shape index (κ1) is 23.6. The first-order valence-corrected chi connectivity index (χ1v) is 9.96. The quantitative estimate of drug-likeness (QED) is 0.678. The Morgan fingerprint density at radius 1 is 0.710 bits per heavy atom. The molecule has 0 bridgehead atoms. The van der Waals surface area contributed by atoms with Gasteiger partial charge in [-0.3, -0.25) is 19.2 Å². The lowest BCUT2D eigenvalue weighted by molar-refractivity contribution is -0.118. The Hall–Kier alpha value is -3.68. The molecule has 0 radical (unpaired) electrons. The molecule has 0 unspecified atom stereocenters. The number of amides is 4. The highest BCUT2D eigenvalue weighted by Gasteiger charge is 2.10. The minimum absolute atomic E-state index is 0.104. The van der Waals surface area contributed by atoms with E-state index in [1.807, 2.05) is 0 Å². The van der Waals surface area contributed by atoms with Crippen LogP contribution in [0.3, 0.4) is 0 Å². The second-order valence-corrected chi connectivity index (χ2v) is 7.21. The van der Waals surface area contributed by atoms with E-state index >= 15 is 0 Å². The van der Waals surface area contributed by atoms with Crippen LogP contribution < -0.4 is 20.4 Å². The summed E-state index contributed by atoms with van der Waals surface area (Å²) in [4.78, 5) is 50.3. The van der Waals surface area contributed by atoms with Gasteiger partial charge in [-0.15, -0.1) is 0 Å². The summed E-state index contributed by atoms with van der Waals surface area (Å²) >= 11 is 0. The minimum atomic E-state index is -0.208. The molecule has 2 rings (SSSR count). The Labute approximate surface area is 182 Å². The SMILES string of the molecule is CC(=O)N(C)c1cccc(NC(=O)CCCC(=O)Nc2cccc(N(C)C(C)=O)c2)c1. The lowest BCUT2D eigenvalue weighted by Crippen LogP contribution is -2.23. The summed E-state index contributed by atoms with van der Waals surface area (Å²) in [5.74, 6) is -0.623. The van der Waals surface area contributed by atoms with Gasteiger partial charge in [-0.2, -0.15) is 0 Å². The summed E-state index contributed by atoms with van der Waals surface area (Å²) in [6, 6.07) is 14.0. The van der Waals surface area contributed by atoms with Crippen LogP contribution in [0.1, 0.15) is 33.1 Å². The lowest BCUT2D eigenvalue weighted by atomic mass is 10.2. The summed E-state index contributed by atoms with van der Waals surface area (Å²) in [7, 11) is 3.32. The number of nitrogens with zero attached hydrogens (tertiary/aromatic N) is 2. The van der Waals surface area contributed by atoms with Gasteiger partial charge in [-0.25, -0.2) is 0 Å². The molecule has 0 heterocycles. The third-order valence-corrected chi connectivity index (χ3v) is 4.79. The van der Waals surface area contributed by atoms with Crippen molar-refractivity contribution in [1.29, 1.82) is 0 Å². The van der Waals surface area contributed by atoms with Gasteiger partial charge in [-0.1, -0.05) is 12.1 Å². The molecule has 8 nitrogen and oxygen atoms in total. The first-order chi connectivity index (χ1) is 14.7. The largest absolute Gasteiger partial charge is 0.326 e. The summed E-state index contributed by atoms with van der Waals surface area (Å²) in [5.41, 5.74) is 2.54. The number of hydrogen-bond acceptors (Lipinski definition) is 4. The van der Waals surface area contributed by atoms with Gasteiger partial charge < -0.3 is 20.4 Å². The molecule has 0 aromatic heterocycles. The van der Waals surface area contributed by atoms with Crippen molar-refractivity contribution in [2.24, 2.45) is 0 Å². The maximum Gasteiger partial charge on any atom is 0.224 e. The normalized spacial score (nSPS) is 10.2. The zero-order valence-electron chi connectivity index (χ0n) is 18.3. The van der Waals surface area contributed by atoms with Crippen LogP contribution in [0.15, 0.2) is 48.5 Å². The number of anilines is 4. The van der Waals surface area contributed by atoms with Gasteiger partial charge in [-0.05, 0) is 42.8 Å². The summed E-state index contributed by atoms with van der Waals surface area (Å²) in [5, 5.41) is 5.57. The highest BCUT2D eigenvalue weighted by molar-refractivity contribution is 5.96. The Morgan fingerprint density at radius 3 is 1.45 bits per heavy atom. The van der Waals surface area contributed by atoms with Crippen LogP contribution in [0.2, 0.25) is 0 Å². The van der Waals surface area contributed by atoms with Gasteiger partial charge in [0.15, 0.2) is 0 Å². The van der Waals surface area contributed by atoms with E-state index < -0.39 is 0 Å². The molecule has 0 saturated carbocycles. The zero-order valence-corrected chi connectivity index (χ0v) is 18.3. The molecule has 0 fully saturated rings. The van der Waals surface area contributed by atoms with Crippen LogP contribution in [0, 0.1) is 0 Å². The minimum Gasteiger partial charge on any atom is -0.326 e. The van der Waals surface area contributed by atoms with Gasteiger partial charge in [0.25, 0.3) is 0 Å². The number of carbonyl (C=O) groups excluding carboxylic acids is 4. The molecule has 2 aromatic rings. The summed E-state index contributed by atoms with van der Waals surface area (Å²) in [6.45, 7) is 2.93. The molecule has 0 aliphatic heterocycles. The van der Waals surface area contributed by atoms with Gasteiger partial charge in [0.2, 0.25) is 23.6 Å². The van der Waals surface area contributed by atoms with Crippen LogP contribution in [-0.4, -0.2) is 37.7 Å².